The van der Waals surface area contributed by atoms with E-state index in [1.807, 2.05) is 24.3 Å². The van der Waals surface area contributed by atoms with Crippen LogP contribution in [0.25, 0.3) is 10.8 Å². The Morgan fingerprint density at radius 2 is 1.46 bits per heavy atom. The molecule has 192 valence electrons. The minimum absolute atomic E-state index is 0.0121. The van der Waals surface area contributed by atoms with Gasteiger partial charge in [0.25, 0.3) is 17.5 Å². The van der Waals surface area contributed by atoms with Gasteiger partial charge in [0.2, 0.25) is 0 Å². The third kappa shape index (κ3) is 5.31. The number of amides is 2. The van der Waals surface area contributed by atoms with Gasteiger partial charge in [-0.25, -0.2) is 0 Å². The number of non-ortho nitro benzene ring substituents is 1. The Morgan fingerprint density at radius 3 is 2.05 bits per heavy atom. The molecule has 0 saturated carbocycles. The van der Waals surface area contributed by atoms with E-state index >= 15 is 0 Å². The SMILES string of the molecule is O=C1c2cccc3cccc(c23)C(=O)N1CCN1CCN(C[C@@H](O)COc2ccc([N+](=O)[O-])cc2)CC1. The lowest BCUT2D eigenvalue weighted by atomic mass is 9.94. The number of β-amino-alcohol motifs (C(OH)–C–C–N with tert-alkyl or cyclic N) is 1. The molecular formula is C27H28N4O6. The second-order valence-electron chi connectivity index (χ2n) is 9.33. The van der Waals surface area contributed by atoms with Gasteiger partial charge in [0.05, 0.1) is 4.92 Å². The van der Waals surface area contributed by atoms with Crippen LogP contribution in [0, 0.1) is 10.1 Å². The molecule has 5 rings (SSSR count). The number of aliphatic hydroxyl groups is 1. The van der Waals surface area contributed by atoms with Gasteiger partial charge < -0.3 is 9.84 Å². The molecule has 0 aromatic heterocycles. The Balaban J connectivity index is 1.08. The number of imide groups is 1. The van der Waals surface area contributed by atoms with Gasteiger partial charge in [0, 0.05) is 74.5 Å². The molecule has 10 heteroatoms. The summed E-state index contributed by atoms with van der Waals surface area (Å²) >= 11 is 0. The number of nitro groups is 1. The molecule has 3 aromatic carbocycles. The van der Waals surface area contributed by atoms with Gasteiger partial charge in [-0.3, -0.25) is 34.4 Å². The molecular weight excluding hydrogens is 476 g/mol. The number of carbonyl (C=O) groups is 2. The van der Waals surface area contributed by atoms with Crippen LogP contribution in [-0.4, -0.2) is 95.1 Å². The van der Waals surface area contributed by atoms with Crippen LogP contribution >= 0.6 is 0 Å². The summed E-state index contributed by atoms with van der Waals surface area (Å²) in [5.74, 6) is -0.0247. The monoisotopic (exact) mass is 504 g/mol. The zero-order valence-electron chi connectivity index (χ0n) is 20.3. The Labute approximate surface area is 213 Å². The summed E-state index contributed by atoms with van der Waals surface area (Å²) in [6, 6.07) is 16.8. The number of aliphatic hydroxyl groups excluding tert-OH is 1. The molecule has 2 heterocycles. The van der Waals surface area contributed by atoms with Crippen molar-refractivity contribution < 1.29 is 24.4 Å². The maximum atomic E-state index is 13.1. The lowest BCUT2D eigenvalue weighted by Crippen LogP contribution is -2.51. The number of piperazine rings is 1. The summed E-state index contributed by atoms with van der Waals surface area (Å²) < 4.78 is 5.56. The van der Waals surface area contributed by atoms with Gasteiger partial charge in [-0.15, -0.1) is 0 Å². The van der Waals surface area contributed by atoms with E-state index in [4.69, 9.17) is 4.74 Å². The Kier molecular flexibility index (Phi) is 7.13. The Hall–Kier alpha value is -3.86. The third-order valence-corrected chi connectivity index (χ3v) is 6.92. The van der Waals surface area contributed by atoms with Crippen LogP contribution in [0.1, 0.15) is 20.7 Å². The molecule has 0 spiro atoms. The maximum Gasteiger partial charge on any atom is 0.269 e. The predicted molar refractivity (Wildman–Crippen MR) is 137 cm³/mol. The highest BCUT2D eigenvalue weighted by molar-refractivity contribution is 6.25. The summed E-state index contributed by atoms with van der Waals surface area (Å²) in [6.45, 7) is 4.48. The second-order valence-corrected chi connectivity index (χ2v) is 9.33. The highest BCUT2D eigenvalue weighted by Gasteiger charge is 2.33. The lowest BCUT2D eigenvalue weighted by Gasteiger charge is -2.36. The van der Waals surface area contributed by atoms with Gasteiger partial charge in [0.15, 0.2) is 0 Å². The summed E-state index contributed by atoms with van der Waals surface area (Å²) in [7, 11) is 0. The van der Waals surface area contributed by atoms with E-state index in [0.717, 1.165) is 37.0 Å². The average molecular weight is 505 g/mol. The number of hydrogen-bond donors (Lipinski definition) is 1. The van der Waals surface area contributed by atoms with E-state index in [1.54, 1.807) is 12.1 Å². The van der Waals surface area contributed by atoms with Crippen molar-refractivity contribution in [2.45, 2.75) is 6.10 Å². The average Bonchev–Trinajstić information content (AvgIpc) is 2.91. The first-order valence-electron chi connectivity index (χ1n) is 12.3. The molecule has 2 amide bonds. The fourth-order valence-corrected chi connectivity index (χ4v) is 4.93. The minimum Gasteiger partial charge on any atom is -0.491 e. The van der Waals surface area contributed by atoms with Crippen LogP contribution in [0.4, 0.5) is 5.69 Å². The van der Waals surface area contributed by atoms with Crippen molar-refractivity contribution in [2.24, 2.45) is 0 Å². The maximum absolute atomic E-state index is 13.1. The van der Waals surface area contributed by atoms with Crippen molar-refractivity contribution in [1.29, 1.82) is 0 Å². The van der Waals surface area contributed by atoms with E-state index in [2.05, 4.69) is 9.80 Å². The van der Waals surface area contributed by atoms with Crippen molar-refractivity contribution in [3.05, 3.63) is 81.9 Å². The molecule has 1 N–H and O–H groups in total. The molecule has 1 saturated heterocycles. The highest BCUT2D eigenvalue weighted by Crippen LogP contribution is 2.29. The molecule has 3 aromatic rings. The first-order valence-corrected chi connectivity index (χ1v) is 12.3. The zero-order valence-corrected chi connectivity index (χ0v) is 20.3. The van der Waals surface area contributed by atoms with Crippen LogP contribution in [0.15, 0.2) is 60.7 Å². The molecule has 10 nitrogen and oxygen atoms in total. The van der Waals surface area contributed by atoms with Crippen molar-refractivity contribution in [1.82, 2.24) is 14.7 Å². The van der Waals surface area contributed by atoms with Crippen LogP contribution in [-0.2, 0) is 0 Å². The van der Waals surface area contributed by atoms with Crippen LogP contribution < -0.4 is 4.74 Å². The fourth-order valence-electron chi connectivity index (χ4n) is 4.93. The molecule has 0 aliphatic carbocycles. The Bertz CT molecular complexity index is 1270. The van der Waals surface area contributed by atoms with Crippen molar-refractivity contribution in [3.8, 4) is 5.75 Å². The summed E-state index contributed by atoms with van der Waals surface area (Å²) in [6.07, 6.45) is -0.701. The van der Waals surface area contributed by atoms with E-state index in [-0.39, 0.29) is 24.1 Å². The summed E-state index contributed by atoms with van der Waals surface area (Å²) in [5, 5.41) is 22.7. The molecule has 1 fully saturated rings. The highest BCUT2D eigenvalue weighted by atomic mass is 16.6. The molecule has 2 aliphatic rings. The lowest BCUT2D eigenvalue weighted by molar-refractivity contribution is -0.384. The van der Waals surface area contributed by atoms with E-state index in [1.165, 1.54) is 29.2 Å². The van der Waals surface area contributed by atoms with Crippen LogP contribution in [0.5, 0.6) is 5.75 Å². The fraction of sp³-hybridized carbons (Fsp3) is 0.333. The van der Waals surface area contributed by atoms with Gasteiger partial charge in [-0.2, -0.15) is 0 Å². The number of hydrogen-bond acceptors (Lipinski definition) is 8. The number of carbonyl (C=O) groups excluding carboxylic acids is 2. The molecule has 0 radical (unpaired) electrons. The number of rotatable bonds is 9. The molecule has 37 heavy (non-hydrogen) atoms. The number of benzene rings is 3. The van der Waals surface area contributed by atoms with Gasteiger partial charge in [0.1, 0.15) is 18.5 Å². The van der Waals surface area contributed by atoms with Gasteiger partial charge in [-0.1, -0.05) is 24.3 Å². The predicted octanol–water partition coefficient (Wildman–Crippen LogP) is 2.40. The molecule has 0 unspecified atom stereocenters. The zero-order chi connectivity index (χ0) is 25.9. The van der Waals surface area contributed by atoms with Gasteiger partial charge in [-0.05, 0) is 29.7 Å². The van der Waals surface area contributed by atoms with E-state index in [9.17, 15) is 24.8 Å². The van der Waals surface area contributed by atoms with E-state index < -0.39 is 11.0 Å². The largest absolute Gasteiger partial charge is 0.491 e. The smallest absolute Gasteiger partial charge is 0.269 e. The summed E-state index contributed by atoms with van der Waals surface area (Å²) in [4.78, 5) is 42.1. The third-order valence-electron chi connectivity index (χ3n) is 6.92. The second kappa shape index (κ2) is 10.6. The Morgan fingerprint density at radius 1 is 0.865 bits per heavy atom. The number of nitro benzene ring substituents is 1. The normalized spacial score (nSPS) is 17.3. The molecule has 2 aliphatic heterocycles. The van der Waals surface area contributed by atoms with Crippen LogP contribution in [0.2, 0.25) is 0 Å². The standard InChI is InChI=1S/C27H28N4O6/c32-21(18-37-22-9-7-20(8-10-22)31(35)36)17-29-13-11-28(12-14-29)15-16-30-26(33)23-5-1-3-19-4-2-6-24(25(19)23)27(30)34/h1-10,21,32H,11-18H2/t21-/m1/s1. The quantitative estimate of drug-likeness (QED) is 0.268. The first kappa shape index (κ1) is 24.8. The first-order chi connectivity index (χ1) is 17.9. The van der Waals surface area contributed by atoms with Crippen molar-refractivity contribution in [2.75, 3.05) is 52.4 Å². The number of nitrogens with zero attached hydrogens (tertiary/aromatic N) is 4. The topological polar surface area (TPSA) is 116 Å². The number of ether oxygens (including phenoxy) is 1. The molecule has 1 atom stereocenters. The molecule has 0 bridgehead atoms. The van der Waals surface area contributed by atoms with Gasteiger partial charge >= 0.3 is 0 Å². The van der Waals surface area contributed by atoms with Crippen molar-refractivity contribution in [3.63, 3.8) is 0 Å². The van der Waals surface area contributed by atoms with Crippen LogP contribution in [0.3, 0.4) is 0 Å². The van der Waals surface area contributed by atoms with E-state index in [0.29, 0.717) is 36.5 Å². The minimum atomic E-state index is -0.701. The van der Waals surface area contributed by atoms with Crippen molar-refractivity contribution >= 4 is 28.3 Å². The summed E-state index contributed by atoms with van der Waals surface area (Å²) in [5.41, 5.74) is 1.13.